The fraction of sp³-hybridized carbons (Fsp3) is 0.0638. The van der Waals surface area contributed by atoms with Crippen molar-refractivity contribution < 1.29 is 0 Å². The maximum Gasteiger partial charge on any atom is 0.0547 e. The summed E-state index contributed by atoms with van der Waals surface area (Å²) in [6.07, 6.45) is 0. The van der Waals surface area contributed by atoms with E-state index in [9.17, 15) is 0 Å². The van der Waals surface area contributed by atoms with Crippen molar-refractivity contribution in [3.05, 3.63) is 175 Å². The van der Waals surface area contributed by atoms with E-state index in [1.54, 1.807) is 0 Å². The van der Waals surface area contributed by atoms with E-state index < -0.39 is 0 Å². The molecule has 2 heteroatoms. The van der Waals surface area contributed by atoms with E-state index in [2.05, 4.69) is 183 Å². The number of nitrogens with zero attached hydrogens (tertiary/aromatic N) is 1. The summed E-state index contributed by atoms with van der Waals surface area (Å²) < 4.78 is 2.66. The van der Waals surface area contributed by atoms with E-state index in [1.165, 1.54) is 86.5 Å². The third-order valence-electron chi connectivity index (χ3n) is 10.6. The van der Waals surface area contributed by atoms with Crippen LogP contribution in [0.2, 0.25) is 0 Å². The largest absolute Gasteiger partial charge is 0.310 e. The molecule has 0 amide bonds. The lowest BCUT2D eigenvalue weighted by molar-refractivity contribution is 0.660. The monoisotopic (exact) mass is 643 g/mol. The van der Waals surface area contributed by atoms with Crippen molar-refractivity contribution in [2.45, 2.75) is 19.3 Å². The van der Waals surface area contributed by atoms with E-state index >= 15 is 0 Å². The molecule has 0 radical (unpaired) electrons. The van der Waals surface area contributed by atoms with Gasteiger partial charge in [-0.1, -0.05) is 135 Å². The molecule has 1 heterocycles. The molecule has 0 saturated carbocycles. The molecule has 8 aromatic carbocycles. The molecule has 0 atom stereocenters. The molecule has 232 valence electrons. The van der Waals surface area contributed by atoms with Crippen LogP contribution in [0, 0.1) is 0 Å². The van der Waals surface area contributed by atoms with E-state index in [4.69, 9.17) is 0 Å². The molecular weight excluding hydrogens is 611 g/mol. The van der Waals surface area contributed by atoms with Gasteiger partial charge in [0.2, 0.25) is 0 Å². The molecule has 0 unspecified atom stereocenters. The molecule has 49 heavy (non-hydrogen) atoms. The quantitative estimate of drug-likeness (QED) is 0.184. The van der Waals surface area contributed by atoms with Gasteiger partial charge in [0.15, 0.2) is 0 Å². The predicted octanol–water partition coefficient (Wildman–Crippen LogP) is 13.8. The van der Waals surface area contributed by atoms with Crippen LogP contribution >= 0.6 is 11.3 Å². The second kappa shape index (κ2) is 10.7. The molecule has 10 rings (SSSR count). The highest BCUT2D eigenvalue weighted by Crippen LogP contribution is 2.52. The Morgan fingerprint density at radius 2 is 1.14 bits per heavy atom. The van der Waals surface area contributed by atoms with Gasteiger partial charge in [-0.3, -0.25) is 0 Å². The van der Waals surface area contributed by atoms with Crippen LogP contribution in [0.4, 0.5) is 17.1 Å². The van der Waals surface area contributed by atoms with E-state index in [1.807, 2.05) is 11.3 Å². The number of benzene rings is 8. The lowest BCUT2D eigenvalue weighted by Gasteiger charge is -2.29. The topological polar surface area (TPSA) is 3.24 Å². The smallest absolute Gasteiger partial charge is 0.0547 e. The van der Waals surface area contributed by atoms with Crippen molar-refractivity contribution in [1.29, 1.82) is 0 Å². The number of fused-ring (bicyclic) bond motifs is 9. The van der Waals surface area contributed by atoms with Crippen molar-refractivity contribution in [2.24, 2.45) is 0 Å². The van der Waals surface area contributed by atoms with Crippen LogP contribution in [-0.4, -0.2) is 0 Å². The van der Waals surface area contributed by atoms with Crippen LogP contribution in [-0.2, 0) is 5.41 Å². The highest BCUT2D eigenvalue weighted by atomic mass is 32.1. The Morgan fingerprint density at radius 1 is 0.449 bits per heavy atom. The van der Waals surface area contributed by atoms with Gasteiger partial charge in [0.1, 0.15) is 0 Å². The van der Waals surface area contributed by atoms with Crippen molar-refractivity contribution >= 4 is 70.1 Å². The van der Waals surface area contributed by atoms with Crippen LogP contribution < -0.4 is 4.90 Å². The lowest BCUT2D eigenvalue weighted by Crippen LogP contribution is -2.16. The van der Waals surface area contributed by atoms with Crippen molar-refractivity contribution in [3.8, 4) is 22.3 Å². The average molecular weight is 644 g/mol. The van der Waals surface area contributed by atoms with Gasteiger partial charge in [-0.25, -0.2) is 0 Å². The fourth-order valence-corrected chi connectivity index (χ4v) is 9.39. The number of thiophene rings is 1. The summed E-state index contributed by atoms with van der Waals surface area (Å²) in [6.45, 7) is 4.73. The molecular formula is C47H33NS. The normalized spacial score (nSPS) is 13.3. The Morgan fingerprint density at radius 3 is 2.04 bits per heavy atom. The zero-order valence-corrected chi connectivity index (χ0v) is 28.3. The third-order valence-corrected chi connectivity index (χ3v) is 11.8. The number of anilines is 3. The summed E-state index contributed by atoms with van der Waals surface area (Å²) in [6, 6.07) is 60.7. The molecule has 0 N–H and O–H groups in total. The van der Waals surface area contributed by atoms with Crippen LogP contribution in [0.5, 0.6) is 0 Å². The number of rotatable bonds is 4. The average Bonchev–Trinajstić information content (AvgIpc) is 3.64. The maximum absolute atomic E-state index is 2.50. The number of hydrogen-bond acceptors (Lipinski definition) is 2. The summed E-state index contributed by atoms with van der Waals surface area (Å²) in [5.74, 6) is 0. The Balaban J connectivity index is 1.25. The van der Waals surface area contributed by atoms with E-state index in [-0.39, 0.29) is 5.41 Å². The Labute approximate surface area is 290 Å². The first kappa shape index (κ1) is 28.3. The highest BCUT2D eigenvalue weighted by Gasteiger charge is 2.36. The molecule has 1 aromatic heterocycles. The summed E-state index contributed by atoms with van der Waals surface area (Å²) in [7, 11) is 0. The van der Waals surface area contributed by atoms with Crippen molar-refractivity contribution in [2.75, 3.05) is 4.90 Å². The van der Waals surface area contributed by atoms with Crippen molar-refractivity contribution in [3.63, 3.8) is 0 Å². The van der Waals surface area contributed by atoms with Gasteiger partial charge in [0, 0.05) is 47.7 Å². The molecule has 0 fully saturated rings. The molecule has 1 aliphatic rings. The zero-order chi connectivity index (χ0) is 32.7. The van der Waals surface area contributed by atoms with Crippen LogP contribution in [0.3, 0.4) is 0 Å². The van der Waals surface area contributed by atoms with Gasteiger partial charge in [0.05, 0.1) is 5.69 Å². The van der Waals surface area contributed by atoms with Gasteiger partial charge in [0.25, 0.3) is 0 Å². The zero-order valence-electron chi connectivity index (χ0n) is 27.4. The summed E-state index contributed by atoms with van der Waals surface area (Å²) in [5, 5.41) is 7.67. The fourth-order valence-electron chi connectivity index (χ4n) is 8.16. The SMILES string of the molecule is CC1(C)c2ccccc2-c2ccc(N(c3cccc(-c4ccc5ccccc5c4)c3)c3cc4c5ccccc5sc4c4ccccc34)cc21. The first-order valence-corrected chi connectivity index (χ1v) is 17.8. The first-order valence-electron chi connectivity index (χ1n) is 17.0. The number of hydrogen-bond donors (Lipinski definition) is 0. The minimum Gasteiger partial charge on any atom is -0.310 e. The van der Waals surface area contributed by atoms with Gasteiger partial charge < -0.3 is 4.90 Å². The lowest BCUT2D eigenvalue weighted by atomic mass is 9.82. The molecule has 0 saturated heterocycles. The molecule has 1 aliphatic carbocycles. The van der Waals surface area contributed by atoms with Crippen LogP contribution in [0.1, 0.15) is 25.0 Å². The van der Waals surface area contributed by atoms with Gasteiger partial charge >= 0.3 is 0 Å². The van der Waals surface area contributed by atoms with E-state index in [0.717, 1.165) is 5.69 Å². The molecule has 0 aliphatic heterocycles. The van der Waals surface area contributed by atoms with Gasteiger partial charge in [-0.05, 0) is 86.6 Å². The first-order chi connectivity index (χ1) is 24.0. The summed E-state index contributed by atoms with van der Waals surface area (Å²) in [5.41, 5.74) is 11.3. The molecule has 1 nitrogen and oxygen atoms in total. The minimum atomic E-state index is -0.101. The predicted molar refractivity (Wildman–Crippen MR) is 212 cm³/mol. The Kier molecular flexibility index (Phi) is 6.16. The standard InChI is InChI=1S/C47H33NS/c1-47(2)42-20-9-7-16-36(42)37-25-24-35(28-43(37)47)48(34-15-11-14-32(27-34)33-23-22-30-12-3-4-13-31(30)26-33)44-29-41-39-18-8-10-21-45(39)49-46(41)40-19-6-5-17-38(40)44/h3-29H,1-2H3. The van der Waals surface area contributed by atoms with Crippen LogP contribution in [0.15, 0.2) is 164 Å². The van der Waals surface area contributed by atoms with Crippen LogP contribution in [0.25, 0.3) is 64.0 Å². The highest BCUT2D eigenvalue weighted by molar-refractivity contribution is 7.26. The summed E-state index contributed by atoms with van der Waals surface area (Å²) in [4.78, 5) is 2.50. The Hall–Kier alpha value is -5.70. The summed E-state index contributed by atoms with van der Waals surface area (Å²) >= 11 is 1.89. The van der Waals surface area contributed by atoms with Gasteiger partial charge in [-0.2, -0.15) is 0 Å². The van der Waals surface area contributed by atoms with Gasteiger partial charge in [-0.15, -0.1) is 11.3 Å². The minimum absolute atomic E-state index is 0.101. The Bertz CT molecular complexity index is 2770. The second-order valence-electron chi connectivity index (χ2n) is 13.8. The maximum atomic E-state index is 2.50. The second-order valence-corrected chi connectivity index (χ2v) is 14.8. The van der Waals surface area contributed by atoms with E-state index in [0.29, 0.717) is 0 Å². The molecule has 0 bridgehead atoms. The molecule has 9 aromatic rings. The molecule has 0 spiro atoms. The third kappa shape index (κ3) is 4.31. The van der Waals surface area contributed by atoms with Crippen molar-refractivity contribution in [1.82, 2.24) is 0 Å².